The van der Waals surface area contributed by atoms with E-state index in [9.17, 15) is 0 Å². The molecule has 0 heterocycles. The Balaban J connectivity index is 2.55. The van der Waals surface area contributed by atoms with E-state index in [-0.39, 0.29) is 0 Å². The lowest BCUT2D eigenvalue weighted by atomic mass is 9.72. The molecule has 0 spiro atoms. The lowest BCUT2D eigenvalue weighted by Gasteiger charge is -2.38. The molecule has 0 aromatic heterocycles. The van der Waals surface area contributed by atoms with Gasteiger partial charge in [0.15, 0.2) is 0 Å². The Kier molecular flexibility index (Phi) is 2.79. The van der Waals surface area contributed by atoms with Crippen molar-refractivity contribution in [3.63, 3.8) is 0 Å². The topological polar surface area (TPSA) is 0 Å². The van der Waals surface area contributed by atoms with Gasteiger partial charge in [-0.1, -0.05) is 40.0 Å². The van der Waals surface area contributed by atoms with E-state index in [0.29, 0.717) is 5.41 Å². The zero-order valence-corrected chi connectivity index (χ0v) is 8.98. The van der Waals surface area contributed by atoms with Crippen LogP contribution in [0.25, 0.3) is 0 Å². The van der Waals surface area contributed by atoms with Crippen molar-refractivity contribution >= 4 is 10.2 Å². The largest absolute Gasteiger partial charge is 0.0599 e. The summed E-state index contributed by atoms with van der Waals surface area (Å²) < 4.78 is 0. The zero-order valence-electron chi connectivity index (χ0n) is 7.98. The minimum absolute atomic E-state index is 0.493. The lowest BCUT2D eigenvalue weighted by Crippen LogP contribution is -2.27. The van der Waals surface area contributed by atoms with Crippen LogP contribution in [-0.2, 0) is 0 Å². The molecule has 1 aliphatic carbocycles. The molecule has 0 aromatic carbocycles. The highest BCUT2D eigenvalue weighted by Gasteiger charge is 2.31. The van der Waals surface area contributed by atoms with Gasteiger partial charge in [-0.05, 0) is 23.3 Å². The first kappa shape index (κ1) is 9.31. The maximum atomic E-state index is 3.84. The smallest absolute Gasteiger partial charge is 0.0270 e. The fourth-order valence-corrected chi connectivity index (χ4v) is 3.04. The summed E-state index contributed by atoms with van der Waals surface area (Å²) in [7, 11) is 3.84. The fourth-order valence-electron chi connectivity index (χ4n) is 2.17. The Morgan fingerprint density at radius 2 is 1.64 bits per heavy atom. The zero-order chi connectivity index (χ0) is 8.48. The van der Waals surface area contributed by atoms with Gasteiger partial charge in [0, 0.05) is 10.2 Å². The first-order valence-electron chi connectivity index (χ1n) is 4.73. The molecule has 2 unspecified atom stereocenters. The average Bonchev–Trinajstić information content (AvgIpc) is 1.86. The second-order valence-electron chi connectivity index (χ2n) is 4.86. The molecule has 1 saturated carbocycles. The SMILES string of the molecule is CC(C)(C)C1CCCCC1[Si]. The quantitative estimate of drug-likeness (QED) is 0.486. The molecule has 1 heteroatoms. The monoisotopic (exact) mass is 167 g/mol. The minimum atomic E-state index is 0.493. The molecule has 1 rings (SSSR count). The van der Waals surface area contributed by atoms with E-state index in [1.165, 1.54) is 25.7 Å². The number of hydrogen-bond acceptors (Lipinski definition) is 0. The van der Waals surface area contributed by atoms with Crippen LogP contribution in [0, 0.1) is 11.3 Å². The van der Waals surface area contributed by atoms with Gasteiger partial charge in [-0.3, -0.25) is 0 Å². The molecule has 0 amide bonds. The van der Waals surface area contributed by atoms with Crippen molar-refractivity contribution in [2.75, 3.05) is 0 Å². The normalized spacial score (nSPS) is 33.8. The Labute approximate surface area is 74.2 Å². The minimum Gasteiger partial charge on any atom is -0.0599 e. The van der Waals surface area contributed by atoms with Crippen LogP contribution >= 0.6 is 0 Å². The third kappa shape index (κ3) is 2.33. The van der Waals surface area contributed by atoms with Gasteiger partial charge in [0.2, 0.25) is 0 Å². The molecular weight excluding hydrogens is 148 g/mol. The summed E-state index contributed by atoms with van der Waals surface area (Å²) in [5.74, 6) is 0.882. The molecule has 0 nitrogen and oxygen atoms in total. The fraction of sp³-hybridized carbons (Fsp3) is 1.00. The Morgan fingerprint density at radius 3 is 2.00 bits per heavy atom. The van der Waals surface area contributed by atoms with Crippen molar-refractivity contribution in [2.24, 2.45) is 11.3 Å². The second-order valence-corrected chi connectivity index (χ2v) is 5.61. The predicted octanol–water partition coefficient (Wildman–Crippen LogP) is 3.18. The van der Waals surface area contributed by atoms with Crippen LogP contribution in [0.4, 0.5) is 0 Å². The van der Waals surface area contributed by atoms with Crippen LogP contribution in [0.2, 0.25) is 5.54 Å². The van der Waals surface area contributed by atoms with Crippen LogP contribution in [-0.4, -0.2) is 10.2 Å². The average molecular weight is 167 g/mol. The highest BCUT2D eigenvalue weighted by Crippen LogP contribution is 2.43. The number of hydrogen-bond donors (Lipinski definition) is 0. The van der Waals surface area contributed by atoms with Crippen LogP contribution in [0.5, 0.6) is 0 Å². The van der Waals surface area contributed by atoms with Crippen molar-refractivity contribution in [3.05, 3.63) is 0 Å². The molecule has 0 bridgehead atoms. The standard InChI is InChI=1S/C10H19Si/c1-10(2,3)8-6-4-5-7-9(8)11/h8-9H,4-7H2,1-3H3. The van der Waals surface area contributed by atoms with Crippen LogP contribution in [0.15, 0.2) is 0 Å². The van der Waals surface area contributed by atoms with E-state index in [1.54, 1.807) is 0 Å². The van der Waals surface area contributed by atoms with Gasteiger partial charge in [0.1, 0.15) is 0 Å². The first-order chi connectivity index (χ1) is 5.02. The van der Waals surface area contributed by atoms with E-state index >= 15 is 0 Å². The molecule has 63 valence electrons. The number of rotatable bonds is 0. The molecule has 3 radical (unpaired) electrons. The summed E-state index contributed by atoms with van der Waals surface area (Å²) in [4.78, 5) is 0. The molecular formula is C10H19Si. The Bertz CT molecular complexity index is 123. The third-order valence-corrected chi connectivity index (χ3v) is 3.57. The van der Waals surface area contributed by atoms with E-state index in [0.717, 1.165) is 11.5 Å². The van der Waals surface area contributed by atoms with Gasteiger partial charge >= 0.3 is 0 Å². The predicted molar refractivity (Wildman–Crippen MR) is 50.9 cm³/mol. The molecule has 2 atom stereocenters. The lowest BCUT2D eigenvalue weighted by molar-refractivity contribution is 0.181. The van der Waals surface area contributed by atoms with Crippen LogP contribution in [0.1, 0.15) is 46.5 Å². The van der Waals surface area contributed by atoms with Crippen molar-refractivity contribution < 1.29 is 0 Å². The molecule has 0 N–H and O–H groups in total. The van der Waals surface area contributed by atoms with E-state index in [2.05, 4.69) is 31.0 Å². The summed E-state index contributed by atoms with van der Waals surface area (Å²) >= 11 is 0. The first-order valence-corrected chi connectivity index (χ1v) is 5.30. The highest BCUT2D eigenvalue weighted by molar-refractivity contribution is 6.11. The van der Waals surface area contributed by atoms with E-state index < -0.39 is 0 Å². The maximum absolute atomic E-state index is 3.84. The van der Waals surface area contributed by atoms with Crippen LogP contribution in [0.3, 0.4) is 0 Å². The van der Waals surface area contributed by atoms with Gasteiger partial charge in [0.25, 0.3) is 0 Å². The summed E-state index contributed by atoms with van der Waals surface area (Å²) in [6, 6.07) is 0. The third-order valence-electron chi connectivity index (χ3n) is 2.88. The summed E-state index contributed by atoms with van der Waals surface area (Å²) in [6.45, 7) is 7.07. The van der Waals surface area contributed by atoms with Gasteiger partial charge < -0.3 is 0 Å². The maximum Gasteiger partial charge on any atom is 0.0270 e. The molecule has 0 saturated heterocycles. The second kappa shape index (κ2) is 3.30. The molecule has 0 aromatic rings. The van der Waals surface area contributed by atoms with E-state index in [1.807, 2.05) is 0 Å². The highest BCUT2D eigenvalue weighted by atomic mass is 28.1. The molecule has 0 aliphatic heterocycles. The van der Waals surface area contributed by atoms with Gasteiger partial charge in [-0.25, -0.2) is 0 Å². The van der Waals surface area contributed by atoms with Gasteiger partial charge in [-0.15, -0.1) is 0 Å². The molecule has 11 heavy (non-hydrogen) atoms. The summed E-state index contributed by atoms with van der Waals surface area (Å²) in [5, 5.41) is 0. The van der Waals surface area contributed by atoms with E-state index in [4.69, 9.17) is 0 Å². The Morgan fingerprint density at radius 1 is 1.09 bits per heavy atom. The molecule has 1 fully saturated rings. The van der Waals surface area contributed by atoms with Crippen molar-refractivity contribution in [1.29, 1.82) is 0 Å². The Hall–Kier alpha value is 0.217. The van der Waals surface area contributed by atoms with Crippen LogP contribution < -0.4 is 0 Å². The van der Waals surface area contributed by atoms with Crippen molar-refractivity contribution in [1.82, 2.24) is 0 Å². The van der Waals surface area contributed by atoms with Crippen molar-refractivity contribution in [3.8, 4) is 0 Å². The summed E-state index contributed by atoms with van der Waals surface area (Å²) in [6.07, 6.45) is 5.64. The van der Waals surface area contributed by atoms with Crippen molar-refractivity contribution in [2.45, 2.75) is 52.0 Å². The summed E-state index contributed by atoms with van der Waals surface area (Å²) in [5.41, 5.74) is 1.26. The molecule has 1 aliphatic rings. The van der Waals surface area contributed by atoms with Gasteiger partial charge in [0.05, 0.1) is 0 Å². The van der Waals surface area contributed by atoms with Gasteiger partial charge in [-0.2, -0.15) is 0 Å².